The van der Waals surface area contributed by atoms with Crippen molar-refractivity contribution in [1.29, 1.82) is 0 Å². The molecule has 4 rings (SSSR count). The molecular formula is C28H26N2O2S. The Balaban J connectivity index is 1.65. The minimum atomic E-state index is -0.734. The Morgan fingerprint density at radius 2 is 1.36 bits per heavy atom. The molecule has 1 unspecified atom stereocenters. The van der Waals surface area contributed by atoms with Gasteiger partial charge in [-0.2, -0.15) is 0 Å². The summed E-state index contributed by atoms with van der Waals surface area (Å²) in [6.45, 7) is 0.755. The number of benzene rings is 3. The molecule has 166 valence electrons. The highest BCUT2D eigenvalue weighted by Crippen LogP contribution is 2.25. The molecule has 0 aliphatic carbocycles. The van der Waals surface area contributed by atoms with Gasteiger partial charge in [-0.1, -0.05) is 97.1 Å². The Morgan fingerprint density at radius 3 is 1.97 bits per heavy atom. The number of carbonyl (C=O) groups is 2. The van der Waals surface area contributed by atoms with E-state index in [0.29, 0.717) is 13.1 Å². The van der Waals surface area contributed by atoms with Crippen LogP contribution in [0.2, 0.25) is 0 Å². The fraction of sp³-hybridized carbons (Fsp3) is 0.143. The topological polar surface area (TPSA) is 49.4 Å². The van der Waals surface area contributed by atoms with Crippen LogP contribution in [0.3, 0.4) is 0 Å². The van der Waals surface area contributed by atoms with Crippen molar-refractivity contribution >= 4 is 23.2 Å². The zero-order chi connectivity index (χ0) is 22.9. The highest BCUT2D eigenvalue weighted by atomic mass is 32.1. The molecule has 2 amide bonds. The molecule has 1 heterocycles. The van der Waals surface area contributed by atoms with Crippen molar-refractivity contribution in [2.75, 3.05) is 0 Å². The Kier molecular flexibility index (Phi) is 7.67. The largest absolute Gasteiger partial charge is 0.350 e. The molecule has 4 aromatic rings. The predicted molar refractivity (Wildman–Crippen MR) is 132 cm³/mol. The molecular weight excluding hydrogens is 428 g/mol. The van der Waals surface area contributed by atoms with Crippen LogP contribution in [0.15, 0.2) is 109 Å². The number of hydrogen-bond donors (Lipinski definition) is 1. The fourth-order valence-electron chi connectivity index (χ4n) is 3.76. The van der Waals surface area contributed by atoms with Crippen LogP contribution in [-0.4, -0.2) is 16.7 Å². The molecule has 0 aliphatic rings. The third kappa shape index (κ3) is 6.18. The first-order valence-corrected chi connectivity index (χ1v) is 11.8. The van der Waals surface area contributed by atoms with Crippen molar-refractivity contribution in [2.45, 2.75) is 25.6 Å². The zero-order valence-corrected chi connectivity index (χ0v) is 19.1. The second-order valence-electron chi connectivity index (χ2n) is 7.78. The highest BCUT2D eigenvalue weighted by molar-refractivity contribution is 7.10. The highest BCUT2D eigenvalue weighted by Gasteiger charge is 2.31. The maximum atomic E-state index is 13.6. The van der Waals surface area contributed by atoms with Gasteiger partial charge in [0.1, 0.15) is 6.04 Å². The van der Waals surface area contributed by atoms with Gasteiger partial charge in [0.15, 0.2) is 0 Å². The van der Waals surface area contributed by atoms with Crippen molar-refractivity contribution < 1.29 is 9.59 Å². The van der Waals surface area contributed by atoms with E-state index in [-0.39, 0.29) is 18.2 Å². The van der Waals surface area contributed by atoms with Crippen LogP contribution in [0.4, 0.5) is 0 Å². The monoisotopic (exact) mass is 454 g/mol. The van der Waals surface area contributed by atoms with Gasteiger partial charge in [-0.05, 0) is 28.1 Å². The number of amides is 2. The first-order chi connectivity index (χ1) is 16.2. The summed E-state index contributed by atoms with van der Waals surface area (Å²) in [7, 11) is 0. The third-order valence-corrected chi connectivity index (χ3v) is 6.28. The van der Waals surface area contributed by atoms with Gasteiger partial charge < -0.3 is 10.2 Å². The molecule has 1 aromatic heterocycles. The summed E-state index contributed by atoms with van der Waals surface area (Å²) >= 11 is 1.55. The molecule has 4 nitrogen and oxygen atoms in total. The van der Waals surface area contributed by atoms with Gasteiger partial charge in [-0.25, -0.2) is 0 Å². The average molecular weight is 455 g/mol. The number of carbonyl (C=O) groups excluding carboxylic acids is 2. The standard InChI is InChI=1S/C28H26N2O2S/c31-26(19-25-17-10-18-33-25)30(21-23-13-6-2-7-14-23)27(24-15-8-3-9-16-24)28(32)29-20-22-11-4-1-5-12-22/h1-18,27H,19-21H2,(H,29,32). The van der Waals surface area contributed by atoms with E-state index >= 15 is 0 Å². The lowest BCUT2D eigenvalue weighted by Gasteiger charge is -2.31. The second kappa shape index (κ2) is 11.2. The van der Waals surface area contributed by atoms with Gasteiger partial charge >= 0.3 is 0 Å². The first kappa shape index (κ1) is 22.5. The molecule has 0 fully saturated rings. The molecule has 3 aromatic carbocycles. The SMILES string of the molecule is O=C(NCc1ccccc1)C(c1ccccc1)N(Cc1ccccc1)C(=O)Cc1cccs1. The van der Waals surface area contributed by atoms with E-state index in [1.807, 2.05) is 109 Å². The molecule has 5 heteroatoms. The van der Waals surface area contributed by atoms with Crippen molar-refractivity contribution in [2.24, 2.45) is 0 Å². The molecule has 0 saturated carbocycles. The van der Waals surface area contributed by atoms with Crippen LogP contribution < -0.4 is 5.32 Å². The summed E-state index contributed by atoms with van der Waals surface area (Å²) < 4.78 is 0. The Labute approximate surface area is 198 Å². The summed E-state index contributed by atoms with van der Waals surface area (Å²) in [4.78, 5) is 29.8. The normalized spacial score (nSPS) is 11.5. The van der Waals surface area contributed by atoms with E-state index < -0.39 is 6.04 Å². The van der Waals surface area contributed by atoms with Gasteiger partial charge in [0.05, 0.1) is 6.42 Å². The molecule has 0 spiro atoms. The number of nitrogens with one attached hydrogen (secondary N) is 1. The molecule has 1 atom stereocenters. The Bertz CT molecular complexity index is 1150. The smallest absolute Gasteiger partial charge is 0.247 e. The van der Waals surface area contributed by atoms with Crippen LogP contribution in [0.1, 0.15) is 27.6 Å². The number of rotatable bonds is 9. The van der Waals surface area contributed by atoms with E-state index in [0.717, 1.165) is 21.6 Å². The van der Waals surface area contributed by atoms with Gasteiger partial charge in [-0.3, -0.25) is 9.59 Å². The average Bonchev–Trinajstić information content (AvgIpc) is 3.37. The van der Waals surface area contributed by atoms with E-state index in [2.05, 4.69) is 5.32 Å². The Hall–Kier alpha value is -3.70. The number of thiophene rings is 1. The lowest BCUT2D eigenvalue weighted by Crippen LogP contribution is -2.43. The van der Waals surface area contributed by atoms with E-state index in [4.69, 9.17) is 0 Å². The number of nitrogens with zero attached hydrogens (tertiary/aromatic N) is 1. The van der Waals surface area contributed by atoms with Crippen molar-refractivity contribution in [3.8, 4) is 0 Å². The molecule has 0 radical (unpaired) electrons. The van der Waals surface area contributed by atoms with E-state index in [1.165, 1.54) is 0 Å². The van der Waals surface area contributed by atoms with Gasteiger partial charge in [-0.15, -0.1) is 11.3 Å². The quantitative estimate of drug-likeness (QED) is 0.369. The maximum Gasteiger partial charge on any atom is 0.247 e. The summed E-state index contributed by atoms with van der Waals surface area (Å²) in [5.74, 6) is -0.273. The van der Waals surface area contributed by atoms with Crippen LogP contribution in [-0.2, 0) is 29.1 Å². The van der Waals surface area contributed by atoms with Crippen LogP contribution >= 0.6 is 11.3 Å². The lowest BCUT2D eigenvalue weighted by molar-refractivity contribution is -0.141. The summed E-state index contributed by atoms with van der Waals surface area (Å²) in [5, 5.41) is 5.01. The third-order valence-electron chi connectivity index (χ3n) is 5.41. The summed E-state index contributed by atoms with van der Waals surface area (Å²) in [5.41, 5.74) is 2.78. The molecule has 33 heavy (non-hydrogen) atoms. The minimum Gasteiger partial charge on any atom is -0.350 e. The van der Waals surface area contributed by atoms with E-state index in [1.54, 1.807) is 16.2 Å². The van der Waals surface area contributed by atoms with Gasteiger partial charge in [0.2, 0.25) is 11.8 Å². The van der Waals surface area contributed by atoms with Crippen molar-refractivity contribution in [1.82, 2.24) is 10.2 Å². The molecule has 0 saturated heterocycles. The van der Waals surface area contributed by atoms with Crippen LogP contribution in [0.5, 0.6) is 0 Å². The van der Waals surface area contributed by atoms with Gasteiger partial charge in [0, 0.05) is 18.0 Å². The van der Waals surface area contributed by atoms with E-state index in [9.17, 15) is 9.59 Å². The van der Waals surface area contributed by atoms with Gasteiger partial charge in [0.25, 0.3) is 0 Å². The maximum absolute atomic E-state index is 13.6. The minimum absolute atomic E-state index is 0.0787. The zero-order valence-electron chi connectivity index (χ0n) is 18.3. The molecule has 0 aliphatic heterocycles. The van der Waals surface area contributed by atoms with Crippen LogP contribution in [0, 0.1) is 0 Å². The summed E-state index contributed by atoms with van der Waals surface area (Å²) in [6.07, 6.45) is 0.264. The number of hydrogen-bond acceptors (Lipinski definition) is 3. The molecule has 0 bridgehead atoms. The van der Waals surface area contributed by atoms with Crippen molar-refractivity contribution in [3.63, 3.8) is 0 Å². The fourth-order valence-corrected chi connectivity index (χ4v) is 4.45. The summed E-state index contributed by atoms with van der Waals surface area (Å²) in [6, 6.07) is 32.3. The first-order valence-electron chi connectivity index (χ1n) is 10.9. The van der Waals surface area contributed by atoms with Crippen molar-refractivity contribution in [3.05, 3.63) is 130 Å². The molecule has 1 N–H and O–H groups in total. The predicted octanol–water partition coefficient (Wildman–Crippen LogP) is 5.38. The van der Waals surface area contributed by atoms with Crippen LogP contribution in [0.25, 0.3) is 0 Å². The Morgan fingerprint density at radius 1 is 0.758 bits per heavy atom. The lowest BCUT2D eigenvalue weighted by atomic mass is 10.0. The second-order valence-corrected chi connectivity index (χ2v) is 8.81.